The lowest BCUT2D eigenvalue weighted by Gasteiger charge is -2.22. The third-order valence-electron chi connectivity index (χ3n) is 3.49. The van der Waals surface area contributed by atoms with E-state index in [1.54, 1.807) is 7.11 Å². The molecule has 0 aliphatic heterocycles. The van der Waals surface area contributed by atoms with Gasteiger partial charge in [-0.15, -0.1) is 0 Å². The zero-order valence-corrected chi connectivity index (χ0v) is 17.2. The van der Waals surface area contributed by atoms with E-state index in [0.717, 1.165) is 21.6 Å². The number of rotatable bonds is 3. The minimum Gasteiger partial charge on any atom is -0.495 e. The quantitative estimate of drug-likeness (QED) is 0.570. The van der Waals surface area contributed by atoms with E-state index >= 15 is 0 Å². The van der Waals surface area contributed by atoms with Gasteiger partial charge in [0.2, 0.25) is 0 Å². The van der Waals surface area contributed by atoms with Crippen molar-refractivity contribution in [3.63, 3.8) is 0 Å². The number of hydrogen-bond acceptors (Lipinski definition) is 2. The van der Waals surface area contributed by atoms with Crippen molar-refractivity contribution >= 4 is 56.2 Å². The number of benzene rings is 2. The Morgan fingerprint density at radius 1 is 1.08 bits per heavy atom. The van der Waals surface area contributed by atoms with Crippen LogP contribution in [-0.4, -0.2) is 12.2 Å². The fraction of sp³-hybridized carbons (Fsp3) is 0.278. The molecule has 2 aromatic rings. The van der Waals surface area contributed by atoms with Crippen LogP contribution in [0, 0.1) is 0 Å². The molecule has 3 nitrogen and oxygen atoms in total. The van der Waals surface area contributed by atoms with Gasteiger partial charge < -0.3 is 15.4 Å². The molecule has 0 aliphatic carbocycles. The zero-order valence-electron chi connectivity index (χ0n) is 14.0. The second kappa shape index (κ2) is 7.72. The van der Waals surface area contributed by atoms with E-state index in [1.807, 2.05) is 24.3 Å². The average Bonchev–Trinajstić information content (AvgIpc) is 2.49. The van der Waals surface area contributed by atoms with Crippen molar-refractivity contribution in [1.29, 1.82) is 0 Å². The molecule has 0 heterocycles. The maximum atomic E-state index is 6.22. The van der Waals surface area contributed by atoms with Crippen LogP contribution < -0.4 is 15.4 Å². The van der Waals surface area contributed by atoms with Gasteiger partial charge in [0, 0.05) is 4.47 Å². The molecule has 2 rings (SSSR count). The smallest absolute Gasteiger partial charge is 0.175 e. The Morgan fingerprint density at radius 3 is 2.33 bits per heavy atom. The molecule has 0 aromatic heterocycles. The summed E-state index contributed by atoms with van der Waals surface area (Å²) in [4.78, 5) is 0. The van der Waals surface area contributed by atoms with Gasteiger partial charge in [-0.1, -0.05) is 54.4 Å². The molecule has 24 heavy (non-hydrogen) atoms. The average molecular weight is 428 g/mol. The van der Waals surface area contributed by atoms with Gasteiger partial charge in [0.05, 0.1) is 23.5 Å². The largest absolute Gasteiger partial charge is 0.495 e. The predicted molar refractivity (Wildman–Crippen MR) is 111 cm³/mol. The SMILES string of the molecule is COc1ccc(C(C)(C)C)cc1NC(=S)Nc1ccc(Br)cc1Cl. The molecular formula is C18H20BrClN2OS. The molecular weight excluding hydrogens is 408 g/mol. The Labute approximate surface area is 161 Å². The number of methoxy groups -OCH3 is 1. The number of halogens is 2. The molecule has 0 bridgehead atoms. The number of thiocarbonyl (C=S) groups is 1. The maximum absolute atomic E-state index is 6.22. The molecule has 128 valence electrons. The van der Waals surface area contributed by atoms with E-state index in [0.29, 0.717) is 10.1 Å². The molecule has 2 N–H and O–H groups in total. The highest BCUT2D eigenvalue weighted by atomic mass is 79.9. The van der Waals surface area contributed by atoms with Crippen LogP contribution in [0.25, 0.3) is 0 Å². The summed E-state index contributed by atoms with van der Waals surface area (Å²) >= 11 is 15.0. The van der Waals surface area contributed by atoms with E-state index in [9.17, 15) is 0 Å². The van der Waals surface area contributed by atoms with E-state index in [4.69, 9.17) is 28.6 Å². The molecule has 2 aromatic carbocycles. The van der Waals surface area contributed by atoms with Gasteiger partial charge in [-0.25, -0.2) is 0 Å². The second-order valence-corrected chi connectivity index (χ2v) is 8.10. The van der Waals surface area contributed by atoms with Crippen LogP contribution in [0.2, 0.25) is 5.02 Å². The van der Waals surface area contributed by atoms with Gasteiger partial charge in [-0.05, 0) is 53.5 Å². The lowest BCUT2D eigenvalue weighted by atomic mass is 9.87. The summed E-state index contributed by atoms with van der Waals surface area (Å²) in [7, 11) is 1.64. The molecule has 0 saturated heterocycles. The fourth-order valence-corrected chi connectivity index (χ4v) is 3.08. The topological polar surface area (TPSA) is 33.3 Å². The molecule has 0 unspecified atom stereocenters. The van der Waals surface area contributed by atoms with Gasteiger partial charge in [0.25, 0.3) is 0 Å². The fourth-order valence-electron chi connectivity index (χ4n) is 2.14. The van der Waals surface area contributed by atoms with Crippen LogP contribution in [0.1, 0.15) is 26.3 Å². The maximum Gasteiger partial charge on any atom is 0.175 e. The molecule has 6 heteroatoms. The summed E-state index contributed by atoms with van der Waals surface area (Å²) in [5.41, 5.74) is 2.78. The third-order valence-corrected chi connectivity index (χ3v) is 4.50. The van der Waals surface area contributed by atoms with Crippen molar-refractivity contribution in [2.24, 2.45) is 0 Å². The standard InChI is InChI=1S/C18H20BrClN2OS/c1-18(2,3)11-5-8-16(23-4)15(9-11)22-17(24)21-14-7-6-12(19)10-13(14)20/h5-10H,1-4H3,(H2,21,22,24). The number of hydrogen-bond donors (Lipinski definition) is 2. The highest BCUT2D eigenvalue weighted by molar-refractivity contribution is 9.10. The van der Waals surface area contributed by atoms with Crippen LogP contribution in [-0.2, 0) is 5.41 Å². The minimum absolute atomic E-state index is 0.0345. The van der Waals surface area contributed by atoms with Crippen LogP contribution in [0.3, 0.4) is 0 Å². The lowest BCUT2D eigenvalue weighted by Crippen LogP contribution is -2.20. The van der Waals surface area contributed by atoms with Gasteiger partial charge in [0.15, 0.2) is 5.11 Å². The normalized spacial score (nSPS) is 11.1. The molecule has 0 fully saturated rings. The van der Waals surface area contributed by atoms with E-state index in [1.165, 1.54) is 5.56 Å². The van der Waals surface area contributed by atoms with Crippen LogP contribution in [0.4, 0.5) is 11.4 Å². The van der Waals surface area contributed by atoms with Crippen molar-refractivity contribution in [3.8, 4) is 5.75 Å². The summed E-state index contributed by atoms with van der Waals surface area (Å²) in [6, 6.07) is 11.6. The first kappa shape index (κ1) is 19.0. The second-order valence-electron chi connectivity index (χ2n) is 6.37. The first-order chi connectivity index (χ1) is 11.2. The zero-order chi connectivity index (χ0) is 17.9. The highest BCUT2D eigenvalue weighted by Crippen LogP contribution is 2.32. The van der Waals surface area contributed by atoms with Crippen molar-refractivity contribution in [3.05, 3.63) is 51.5 Å². The van der Waals surface area contributed by atoms with E-state index in [-0.39, 0.29) is 5.41 Å². The predicted octanol–water partition coefficient (Wildman–Crippen LogP) is 6.22. The first-order valence-corrected chi connectivity index (χ1v) is 9.00. The molecule has 0 amide bonds. The summed E-state index contributed by atoms with van der Waals surface area (Å²) in [5, 5.41) is 7.33. The number of nitrogens with one attached hydrogen (secondary N) is 2. The Kier molecular flexibility index (Phi) is 6.12. The van der Waals surface area contributed by atoms with Gasteiger partial charge >= 0.3 is 0 Å². The lowest BCUT2D eigenvalue weighted by molar-refractivity contribution is 0.416. The van der Waals surface area contributed by atoms with Crippen LogP contribution in [0.5, 0.6) is 5.75 Å². The van der Waals surface area contributed by atoms with E-state index < -0.39 is 0 Å². The summed E-state index contributed by atoms with van der Waals surface area (Å²) in [6.45, 7) is 6.49. The Bertz CT molecular complexity index is 759. The van der Waals surface area contributed by atoms with Crippen molar-refractivity contribution < 1.29 is 4.74 Å². The van der Waals surface area contributed by atoms with Crippen LogP contribution >= 0.6 is 39.7 Å². The Morgan fingerprint density at radius 2 is 1.75 bits per heavy atom. The number of anilines is 2. The summed E-state index contributed by atoms with van der Waals surface area (Å²) in [6.07, 6.45) is 0. The van der Waals surface area contributed by atoms with Gasteiger partial charge in [-0.3, -0.25) is 0 Å². The Balaban J connectivity index is 2.21. The molecule has 0 radical (unpaired) electrons. The number of ether oxygens (including phenoxy) is 1. The Hall–Kier alpha value is -1.30. The molecule has 0 saturated carbocycles. The summed E-state index contributed by atoms with van der Waals surface area (Å²) < 4.78 is 6.33. The highest BCUT2D eigenvalue weighted by Gasteiger charge is 2.16. The first-order valence-electron chi connectivity index (χ1n) is 7.42. The van der Waals surface area contributed by atoms with Crippen molar-refractivity contribution in [2.45, 2.75) is 26.2 Å². The van der Waals surface area contributed by atoms with Crippen molar-refractivity contribution in [1.82, 2.24) is 0 Å². The van der Waals surface area contributed by atoms with Crippen molar-refractivity contribution in [2.75, 3.05) is 17.7 Å². The molecule has 0 atom stereocenters. The monoisotopic (exact) mass is 426 g/mol. The molecule has 0 spiro atoms. The van der Waals surface area contributed by atoms with Gasteiger partial charge in [0.1, 0.15) is 5.75 Å². The molecule has 0 aliphatic rings. The summed E-state index contributed by atoms with van der Waals surface area (Å²) in [5.74, 6) is 0.731. The van der Waals surface area contributed by atoms with Gasteiger partial charge in [-0.2, -0.15) is 0 Å². The van der Waals surface area contributed by atoms with Crippen LogP contribution in [0.15, 0.2) is 40.9 Å². The van der Waals surface area contributed by atoms with E-state index in [2.05, 4.69) is 59.5 Å². The third kappa shape index (κ3) is 4.85. The minimum atomic E-state index is 0.0345.